The summed E-state index contributed by atoms with van der Waals surface area (Å²) in [6, 6.07) is 10.9. The molecule has 1 aromatic heterocycles. The van der Waals surface area contributed by atoms with Crippen LogP contribution in [0.5, 0.6) is 0 Å². The van der Waals surface area contributed by atoms with Crippen molar-refractivity contribution in [2.75, 3.05) is 44.7 Å². The largest absolute Gasteiger partial charge is 0.356 e. The molecule has 160 valence electrons. The third kappa shape index (κ3) is 5.92. The second-order valence-corrected chi connectivity index (χ2v) is 7.24. The van der Waals surface area contributed by atoms with Gasteiger partial charge in [-0.05, 0) is 36.2 Å². The van der Waals surface area contributed by atoms with Crippen molar-refractivity contribution in [2.45, 2.75) is 19.9 Å². The minimum atomic E-state index is -0.208. The number of benzene rings is 1. The second kappa shape index (κ2) is 10.6. The van der Waals surface area contributed by atoms with Crippen molar-refractivity contribution in [2.24, 2.45) is 4.99 Å². The van der Waals surface area contributed by atoms with Crippen LogP contribution in [0.15, 0.2) is 47.6 Å². The maximum atomic E-state index is 13.4. The number of nitrogens with zero attached hydrogens (tertiary/aromatic N) is 4. The van der Waals surface area contributed by atoms with Crippen LogP contribution in [-0.2, 0) is 11.3 Å². The Morgan fingerprint density at radius 3 is 2.63 bits per heavy atom. The summed E-state index contributed by atoms with van der Waals surface area (Å²) in [4.78, 5) is 25.2. The highest BCUT2D eigenvalue weighted by Crippen LogP contribution is 2.13. The number of carbonyl (C=O) groups excluding carboxylic acids is 1. The van der Waals surface area contributed by atoms with Crippen molar-refractivity contribution in [3.63, 3.8) is 0 Å². The van der Waals surface area contributed by atoms with Gasteiger partial charge in [-0.2, -0.15) is 0 Å². The lowest BCUT2D eigenvalue weighted by atomic mass is 10.1. The minimum Gasteiger partial charge on any atom is -0.356 e. The number of carbonyl (C=O) groups is 1. The van der Waals surface area contributed by atoms with Crippen LogP contribution in [0.25, 0.3) is 0 Å². The summed E-state index contributed by atoms with van der Waals surface area (Å²) in [5.41, 5.74) is 1.59. The van der Waals surface area contributed by atoms with Gasteiger partial charge < -0.3 is 20.4 Å². The maximum absolute atomic E-state index is 13.4. The first kappa shape index (κ1) is 21.5. The predicted molar refractivity (Wildman–Crippen MR) is 117 cm³/mol. The van der Waals surface area contributed by atoms with Gasteiger partial charge in [0.05, 0.1) is 0 Å². The fourth-order valence-corrected chi connectivity index (χ4v) is 3.39. The smallest absolute Gasteiger partial charge is 0.224 e. The van der Waals surface area contributed by atoms with Crippen molar-refractivity contribution >= 4 is 17.7 Å². The monoisotopic (exact) mass is 412 g/mol. The Hall–Kier alpha value is -3.16. The van der Waals surface area contributed by atoms with Gasteiger partial charge in [0.1, 0.15) is 11.6 Å². The highest BCUT2D eigenvalue weighted by atomic mass is 19.1. The number of guanidine groups is 1. The molecule has 2 aromatic rings. The Labute approximate surface area is 177 Å². The first-order valence-electron chi connectivity index (χ1n) is 10.2. The predicted octanol–water partition coefficient (Wildman–Crippen LogP) is 1.93. The van der Waals surface area contributed by atoms with Gasteiger partial charge in [0, 0.05) is 58.9 Å². The lowest BCUT2D eigenvalue weighted by molar-refractivity contribution is -0.131. The summed E-state index contributed by atoms with van der Waals surface area (Å²) < 4.78 is 13.4. The average molecular weight is 413 g/mol. The van der Waals surface area contributed by atoms with Crippen LogP contribution < -0.4 is 15.5 Å². The average Bonchev–Trinajstić information content (AvgIpc) is 2.79. The van der Waals surface area contributed by atoms with E-state index in [-0.39, 0.29) is 11.7 Å². The van der Waals surface area contributed by atoms with E-state index in [4.69, 9.17) is 0 Å². The zero-order valence-corrected chi connectivity index (χ0v) is 17.6. The number of amides is 1. The second-order valence-electron chi connectivity index (χ2n) is 7.24. The Morgan fingerprint density at radius 1 is 1.17 bits per heavy atom. The molecule has 1 amide bonds. The van der Waals surface area contributed by atoms with Gasteiger partial charge in [-0.15, -0.1) is 0 Å². The molecule has 0 unspecified atom stereocenters. The Morgan fingerprint density at radius 2 is 1.97 bits per heavy atom. The first-order chi connectivity index (χ1) is 14.6. The number of halogens is 1. The zero-order chi connectivity index (χ0) is 21.3. The summed E-state index contributed by atoms with van der Waals surface area (Å²) in [7, 11) is 1.68. The summed E-state index contributed by atoms with van der Waals surface area (Å²) in [6.45, 7) is 5.75. The summed E-state index contributed by atoms with van der Waals surface area (Å²) in [5.74, 6) is 1.50. The normalized spacial score (nSPS) is 14.6. The molecule has 0 bridgehead atoms. The van der Waals surface area contributed by atoms with Crippen molar-refractivity contribution in [1.82, 2.24) is 20.5 Å². The van der Waals surface area contributed by atoms with Gasteiger partial charge in [-0.1, -0.05) is 18.2 Å². The van der Waals surface area contributed by atoms with Crippen molar-refractivity contribution < 1.29 is 9.18 Å². The highest BCUT2D eigenvalue weighted by Gasteiger charge is 2.21. The number of hydrogen-bond donors (Lipinski definition) is 2. The van der Waals surface area contributed by atoms with E-state index < -0.39 is 0 Å². The molecule has 1 aliphatic heterocycles. The van der Waals surface area contributed by atoms with E-state index in [1.54, 1.807) is 26.2 Å². The molecular formula is C22H29FN6O. The molecule has 0 spiro atoms. The van der Waals surface area contributed by atoms with E-state index in [1.807, 2.05) is 29.2 Å². The SMILES string of the molecule is CN=C(NCCC(=O)N1CCN(c2ccccn2)CC1)NCc1ccc(F)c(C)c1. The summed E-state index contributed by atoms with van der Waals surface area (Å²) in [6.07, 6.45) is 2.19. The van der Waals surface area contributed by atoms with Gasteiger partial charge in [-0.25, -0.2) is 9.37 Å². The topological polar surface area (TPSA) is 72.9 Å². The van der Waals surface area contributed by atoms with Crippen LogP contribution in [0.1, 0.15) is 17.5 Å². The number of anilines is 1. The fourth-order valence-electron chi connectivity index (χ4n) is 3.39. The number of aromatic nitrogens is 1. The molecule has 3 rings (SSSR count). The quantitative estimate of drug-likeness (QED) is 0.560. The molecule has 7 nitrogen and oxygen atoms in total. The Bertz CT molecular complexity index is 865. The van der Waals surface area contributed by atoms with E-state index in [2.05, 4.69) is 25.5 Å². The molecule has 1 saturated heterocycles. The minimum absolute atomic E-state index is 0.132. The van der Waals surface area contributed by atoms with E-state index in [1.165, 1.54) is 6.07 Å². The number of piperazine rings is 1. The highest BCUT2D eigenvalue weighted by molar-refractivity contribution is 5.81. The molecular weight excluding hydrogens is 383 g/mol. The lowest BCUT2D eigenvalue weighted by Gasteiger charge is -2.35. The lowest BCUT2D eigenvalue weighted by Crippen LogP contribution is -2.49. The van der Waals surface area contributed by atoms with Crippen LogP contribution in [0, 0.1) is 12.7 Å². The van der Waals surface area contributed by atoms with Gasteiger partial charge in [0.15, 0.2) is 5.96 Å². The van der Waals surface area contributed by atoms with Gasteiger partial charge in [-0.3, -0.25) is 9.79 Å². The molecule has 2 N–H and O–H groups in total. The van der Waals surface area contributed by atoms with Crippen LogP contribution in [0.4, 0.5) is 10.2 Å². The third-order valence-corrected chi connectivity index (χ3v) is 5.14. The van der Waals surface area contributed by atoms with Crippen molar-refractivity contribution in [1.29, 1.82) is 0 Å². The van der Waals surface area contributed by atoms with E-state index in [0.717, 1.165) is 24.5 Å². The van der Waals surface area contributed by atoms with E-state index >= 15 is 0 Å². The fraction of sp³-hybridized carbons (Fsp3) is 0.409. The van der Waals surface area contributed by atoms with Crippen molar-refractivity contribution in [3.8, 4) is 0 Å². The van der Waals surface area contributed by atoms with Crippen LogP contribution in [0.2, 0.25) is 0 Å². The molecule has 30 heavy (non-hydrogen) atoms. The van der Waals surface area contributed by atoms with Crippen molar-refractivity contribution in [3.05, 3.63) is 59.5 Å². The van der Waals surface area contributed by atoms with E-state index in [9.17, 15) is 9.18 Å². The summed E-state index contributed by atoms with van der Waals surface area (Å²) >= 11 is 0. The Balaban J connectivity index is 1.37. The van der Waals surface area contributed by atoms with Crippen LogP contribution in [0.3, 0.4) is 0 Å². The van der Waals surface area contributed by atoms with E-state index in [0.29, 0.717) is 44.1 Å². The number of aliphatic imine (C=N–C) groups is 1. The number of rotatable bonds is 6. The first-order valence-corrected chi connectivity index (χ1v) is 10.2. The van der Waals surface area contributed by atoms with Gasteiger partial charge in [0.2, 0.25) is 5.91 Å². The molecule has 0 aliphatic carbocycles. The third-order valence-electron chi connectivity index (χ3n) is 5.14. The van der Waals surface area contributed by atoms with Crippen LogP contribution in [-0.4, -0.2) is 61.5 Å². The number of nitrogens with one attached hydrogen (secondary N) is 2. The number of aryl methyl sites for hydroxylation is 1. The molecule has 2 heterocycles. The molecule has 1 fully saturated rings. The summed E-state index contributed by atoms with van der Waals surface area (Å²) in [5, 5.41) is 6.35. The molecule has 8 heteroatoms. The van der Waals surface area contributed by atoms with Gasteiger partial charge in [0.25, 0.3) is 0 Å². The molecule has 0 saturated carbocycles. The Kier molecular flexibility index (Phi) is 7.59. The molecule has 1 aromatic carbocycles. The maximum Gasteiger partial charge on any atom is 0.224 e. The molecule has 0 radical (unpaired) electrons. The zero-order valence-electron chi connectivity index (χ0n) is 17.6. The molecule has 0 atom stereocenters. The number of hydrogen-bond acceptors (Lipinski definition) is 4. The molecule has 1 aliphatic rings. The number of pyridine rings is 1. The van der Waals surface area contributed by atoms with Gasteiger partial charge >= 0.3 is 0 Å². The standard InChI is InChI=1S/C22H29FN6O/c1-17-15-18(6-7-19(17)23)16-27-22(24-2)26-10-8-21(30)29-13-11-28(12-14-29)20-5-3-4-9-25-20/h3-7,9,15H,8,10-14,16H2,1-2H3,(H2,24,26,27). The van der Waals surface area contributed by atoms with Crippen LogP contribution >= 0.6 is 0 Å².